The van der Waals surface area contributed by atoms with E-state index < -0.39 is 0 Å². The third-order valence-corrected chi connectivity index (χ3v) is 4.46. The first-order valence-electron chi connectivity index (χ1n) is 7.27. The first-order valence-corrected chi connectivity index (χ1v) is 8.15. The Balaban J connectivity index is 1.53. The van der Waals surface area contributed by atoms with Crippen LogP contribution in [0.2, 0.25) is 0 Å². The van der Waals surface area contributed by atoms with Crippen molar-refractivity contribution in [3.05, 3.63) is 52.0 Å². The number of carbonyl (C=O) groups is 1. The lowest BCUT2D eigenvalue weighted by Gasteiger charge is -2.10. The molecule has 3 rings (SSSR count). The Bertz CT molecular complexity index is 591. The van der Waals surface area contributed by atoms with Crippen LogP contribution in [0.4, 0.5) is 0 Å². The molecule has 1 fully saturated rings. The lowest BCUT2D eigenvalue weighted by Crippen LogP contribution is -2.37. The highest BCUT2D eigenvalue weighted by molar-refractivity contribution is 7.09. The van der Waals surface area contributed by atoms with E-state index in [9.17, 15) is 4.79 Å². The summed E-state index contributed by atoms with van der Waals surface area (Å²) < 4.78 is 0. The highest BCUT2D eigenvalue weighted by Crippen LogP contribution is 2.15. The van der Waals surface area contributed by atoms with Crippen LogP contribution in [0.25, 0.3) is 0 Å². The Hall–Kier alpha value is -1.72. The van der Waals surface area contributed by atoms with E-state index >= 15 is 0 Å². The molecule has 2 aromatic rings. The van der Waals surface area contributed by atoms with Crippen LogP contribution >= 0.6 is 11.3 Å². The highest BCUT2D eigenvalue weighted by atomic mass is 32.1. The van der Waals surface area contributed by atoms with E-state index in [0.29, 0.717) is 6.42 Å². The van der Waals surface area contributed by atoms with Crippen molar-refractivity contribution in [2.45, 2.75) is 25.3 Å². The molecule has 1 aliphatic heterocycles. The molecule has 21 heavy (non-hydrogen) atoms. The zero-order valence-corrected chi connectivity index (χ0v) is 12.7. The van der Waals surface area contributed by atoms with Gasteiger partial charge in [-0.2, -0.15) is 0 Å². The van der Waals surface area contributed by atoms with Crippen molar-refractivity contribution in [1.29, 1.82) is 0 Å². The van der Waals surface area contributed by atoms with Gasteiger partial charge in [0.05, 0.1) is 17.1 Å². The van der Waals surface area contributed by atoms with Crippen LogP contribution in [0, 0.1) is 0 Å². The third kappa shape index (κ3) is 4.12. The van der Waals surface area contributed by atoms with E-state index in [1.54, 1.807) is 11.3 Å². The topological polar surface area (TPSA) is 54.0 Å². The summed E-state index contributed by atoms with van der Waals surface area (Å²) in [4.78, 5) is 16.5. The number of carbonyl (C=O) groups excluding carboxylic acids is 1. The van der Waals surface area contributed by atoms with E-state index in [1.165, 1.54) is 5.56 Å². The Kier molecular flexibility index (Phi) is 4.62. The van der Waals surface area contributed by atoms with Gasteiger partial charge in [-0.05, 0) is 18.5 Å². The average Bonchev–Trinajstić information content (AvgIpc) is 3.12. The number of hydrogen-bond acceptors (Lipinski definition) is 4. The van der Waals surface area contributed by atoms with Crippen LogP contribution < -0.4 is 10.6 Å². The van der Waals surface area contributed by atoms with Gasteiger partial charge in [0, 0.05) is 24.4 Å². The van der Waals surface area contributed by atoms with Crippen molar-refractivity contribution in [3.8, 4) is 0 Å². The quantitative estimate of drug-likeness (QED) is 0.885. The molecule has 0 aliphatic carbocycles. The SMILES string of the molecule is O=C(Cc1csc(Cc2ccccc2)n1)NC1CCNC1. The first kappa shape index (κ1) is 14.2. The third-order valence-electron chi connectivity index (χ3n) is 3.56. The Morgan fingerprint density at radius 3 is 3.00 bits per heavy atom. The molecule has 0 bridgehead atoms. The van der Waals surface area contributed by atoms with Crippen molar-refractivity contribution in [2.75, 3.05) is 13.1 Å². The zero-order chi connectivity index (χ0) is 14.5. The molecule has 0 saturated carbocycles. The second-order valence-corrected chi connectivity index (χ2v) is 6.27. The molecule has 2 heterocycles. The second kappa shape index (κ2) is 6.83. The fourth-order valence-electron chi connectivity index (χ4n) is 2.50. The molecule has 5 heteroatoms. The number of benzene rings is 1. The summed E-state index contributed by atoms with van der Waals surface area (Å²) in [5.41, 5.74) is 2.12. The van der Waals surface area contributed by atoms with Crippen molar-refractivity contribution in [3.63, 3.8) is 0 Å². The minimum absolute atomic E-state index is 0.0697. The summed E-state index contributed by atoms with van der Waals surface area (Å²) in [6.07, 6.45) is 2.23. The Morgan fingerprint density at radius 2 is 2.24 bits per heavy atom. The summed E-state index contributed by atoms with van der Waals surface area (Å²) in [6.45, 7) is 1.87. The molecule has 2 N–H and O–H groups in total. The summed E-state index contributed by atoms with van der Waals surface area (Å²) in [7, 11) is 0. The van der Waals surface area contributed by atoms with Gasteiger partial charge in [0.15, 0.2) is 0 Å². The molecule has 4 nitrogen and oxygen atoms in total. The van der Waals surface area contributed by atoms with Crippen molar-refractivity contribution in [2.24, 2.45) is 0 Å². The van der Waals surface area contributed by atoms with Gasteiger partial charge in [-0.3, -0.25) is 4.79 Å². The second-order valence-electron chi connectivity index (χ2n) is 5.33. The van der Waals surface area contributed by atoms with Gasteiger partial charge in [-0.1, -0.05) is 30.3 Å². The molecule has 1 saturated heterocycles. The number of amides is 1. The molecular weight excluding hydrogens is 282 g/mol. The standard InChI is InChI=1S/C16H19N3OS/c20-15(18-13-6-7-17-10-13)9-14-11-21-16(19-14)8-12-4-2-1-3-5-12/h1-5,11,13,17H,6-10H2,(H,18,20). The monoisotopic (exact) mass is 301 g/mol. The summed E-state index contributed by atoms with van der Waals surface area (Å²) in [5, 5.41) is 9.35. The van der Waals surface area contributed by atoms with E-state index in [4.69, 9.17) is 0 Å². The zero-order valence-electron chi connectivity index (χ0n) is 11.8. The maximum atomic E-state index is 12.0. The summed E-state index contributed by atoms with van der Waals surface area (Å²) in [6, 6.07) is 10.6. The highest BCUT2D eigenvalue weighted by Gasteiger charge is 2.17. The number of nitrogens with zero attached hydrogens (tertiary/aromatic N) is 1. The fraction of sp³-hybridized carbons (Fsp3) is 0.375. The normalized spacial score (nSPS) is 17.8. The largest absolute Gasteiger partial charge is 0.352 e. The number of thiazole rings is 1. The Labute approximate surface area is 128 Å². The van der Waals surface area contributed by atoms with E-state index in [-0.39, 0.29) is 11.9 Å². The molecule has 1 amide bonds. The molecule has 110 valence electrons. The summed E-state index contributed by atoms with van der Waals surface area (Å²) >= 11 is 1.63. The first-order chi connectivity index (χ1) is 10.3. The predicted octanol–water partition coefficient (Wildman–Crippen LogP) is 1.75. The van der Waals surface area contributed by atoms with Crippen LogP contribution in [0.5, 0.6) is 0 Å². The minimum Gasteiger partial charge on any atom is -0.352 e. The van der Waals surface area contributed by atoms with Crippen molar-refractivity contribution in [1.82, 2.24) is 15.6 Å². The van der Waals surface area contributed by atoms with Crippen molar-refractivity contribution < 1.29 is 4.79 Å². The van der Waals surface area contributed by atoms with Crippen molar-refractivity contribution >= 4 is 17.2 Å². The van der Waals surface area contributed by atoms with Gasteiger partial charge in [-0.15, -0.1) is 11.3 Å². The Morgan fingerprint density at radius 1 is 1.38 bits per heavy atom. The maximum absolute atomic E-state index is 12.0. The molecule has 1 unspecified atom stereocenters. The smallest absolute Gasteiger partial charge is 0.226 e. The predicted molar refractivity (Wildman–Crippen MR) is 84.5 cm³/mol. The number of aromatic nitrogens is 1. The van der Waals surface area contributed by atoms with Crippen LogP contribution in [-0.2, 0) is 17.6 Å². The fourth-order valence-corrected chi connectivity index (χ4v) is 3.33. The molecule has 0 radical (unpaired) electrons. The number of nitrogens with one attached hydrogen (secondary N) is 2. The van der Waals surface area contributed by atoms with Gasteiger partial charge < -0.3 is 10.6 Å². The van der Waals surface area contributed by atoms with E-state index in [2.05, 4.69) is 27.8 Å². The average molecular weight is 301 g/mol. The van der Waals surface area contributed by atoms with E-state index in [0.717, 1.165) is 36.6 Å². The van der Waals surface area contributed by atoms with Gasteiger partial charge in [0.25, 0.3) is 0 Å². The summed E-state index contributed by atoms with van der Waals surface area (Å²) in [5.74, 6) is 0.0697. The lowest BCUT2D eigenvalue weighted by molar-refractivity contribution is -0.121. The van der Waals surface area contributed by atoms with Gasteiger partial charge in [0.1, 0.15) is 0 Å². The van der Waals surface area contributed by atoms with Crippen LogP contribution in [-0.4, -0.2) is 30.0 Å². The van der Waals surface area contributed by atoms with Crippen LogP contribution in [0.15, 0.2) is 35.7 Å². The molecular formula is C16H19N3OS. The lowest BCUT2D eigenvalue weighted by atomic mass is 10.2. The maximum Gasteiger partial charge on any atom is 0.226 e. The minimum atomic E-state index is 0.0697. The molecule has 1 aromatic heterocycles. The molecule has 1 aromatic carbocycles. The number of hydrogen-bond donors (Lipinski definition) is 2. The van der Waals surface area contributed by atoms with Crippen LogP contribution in [0.1, 0.15) is 22.7 Å². The van der Waals surface area contributed by atoms with E-state index in [1.807, 2.05) is 23.6 Å². The van der Waals surface area contributed by atoms with Crippen LogP contribution in [0.3, 0.4) is 0 Å². The van der Waals surface area contributed by atoms with Gasteiger partial charge in [0.2, 0.25) is 5.91 Å². The molecule has 1 atom stereocenters. The molecule has 1 aliphatic rings. The van der Waals surface area contributed by atoms with Gasteiger partial charge >= 0.3 is 0 Å². The molecule has 0 spiro atoms. The van der Waals surface area contributed by atoms with Gasteiger partial charge in [-0.25, -0.2) is 4.98 Å². The number of rotatable bonds is 5.